The average molecular weight is 526 g/mol. The normalized spacial score (nSPS) is 15.1. The van der Waals surface area contributed by atoms with Gasteiger partial charge in [-0.25, -0.2) is 19.7 Å². The zero-order valence-electron chi connectivity index (χ0n) is 20.5. The minimum atomic E-state index is -4.55. The molecule has 38 heavy (non-hydrogen) atoms. The fraction of sp³-hybridized carbons (Fsp3) is 0.280. The molecule has 1 aromatic carbocycles. The van der Waals surface area contributed by atoms with Gasteiger partial charge >= 0.3 is 12.2 Å². The molecule has 1 saturated heterocycles. The fourth-order valence-electron chi connectivity index (χ4n) is 4.42. The molecule has 1 aliphatic rings. The Morgan fingerprint density at radius 3 is 2.58 bits per heavy atom. The van der Waals surface area contributed by atoms with Crippen LogP contribution < -0.4 is 16.4 Å². The topological polar surface area (TPSA) is 128 Å². The minimum absolute atomic E-state index is 0.0304. The quantitative estimate of drug-likeness (QED) is 0.310. The van der Waals surface area contributed by atoms with Crippen molar-refractivity contribution in [1.82, 2.24) is 29.7 Å². The SMILES string of the molecule is CN1CCN(Cc2ccc(NC(=O)Nc3ccc(-c4c[nH]c5ncnc(N)c45)cn3)cc2C(F)(F)F)CC1. The number of benzene rings is 1. The predicted octanol–water partition coefficient (Wildman–Crippen LogP) is 4.01. The van der Waals surface area contributed by atoms with Gasteiger partial charge in [0.1, 0.15) is 23.6 Å². The smallest absolute Gasteiger partial charge is 0.383 e. The molecule has 0 saturated carbocycles. The van der Waals surface area contributed by atoms with Gasteiger partial charge in [-0.2, -0.15) is 13.2 Å². The van der Waals surface area contributed by atoms with Crippen molar-refractivity contribution in [2.75, 3.05) is 49.6 Å². The summed E-state index contributed by atoms with van der Waals surface area (Å²) >= 11 is 0. The highest BCUT2D eigenvalue weighted by Crippen LogP contribution is 2.35. The van der Waals surface area contributed by atoms with Gasteiger partial charge in [0.05, 0.1) is 10.9 Å². The van der Waals surface area contributed by atoms with Gasteiger partial charge in [0.15, 0.2) is 0 Å². The fourth-order valence-corrected chi connectivity index (χ4v) is 4.42. The molecule has 3 aromatic heterocycles. The Morgan fingerprint density at radius 2 is 1.87 bits per heavy atom. The predicted molar refractivity (Wildman–Crippen MR) is 138 cm³/mol. The molecular formula is C25H26F3N9O. The van der Waals surface area contributed by atoms with Gasteiger partial charge in [-0.3, -0.25) is 10.2 Å². The van der Waals surface area contributed by atoms with Crippen LogP contribution in [0.3, 0.4) is 0 Å². The van der Waals surface area contributed by atoms with Crippen molar-refractivity contribution in [3.8, 4) is 11.1 Å². The number of hydrogen-bond donors (Lipinski definition) is 4. The number of aromatic nitrogens is 4. The Balaban J connectivity index is 1.26. The molecule has 2 amide bonds. The Kier molecular flexibility index (Phi) is 6.87. The maximum absolute atomic E-state index is 13.8. The number of nitrogens with zero attached hydrogens (tertiary/aromatic N) is 5. The van der Waals surface area contributed by atoms with Crippen LogP contribution >= 0.6 is 0 Å². The molecule has 0 atom stereocenters. The van der Waals surface area contributed by atoms with E-state index in [1.54, 1.807) is 24.5 Å². The van der Waals surface area contributed by atoms with Gasteiger partial charge in [-0.05, 0) is 36.9 Å². The van der Waals surface area contributed by atoms with Gasteiger partial charge in [0.25, 0.3) is 0 Å². The lowest BCUT2D eigenvalue weighted by atomic mass is 10.0. The lowest BCUT2D eigenvalue weighted by Crippen LogP contribution is -2.44. The van der Waals surface area contributed by atoms with E-state index in [2.05, 4.69) is 35.5 Å². The van der Waals surface area contributed by atoms with E-state index in [-0.39, 0.29) is 23.6 Å². The van der Waals surface area contributed by atoms with E-state index < -0.39 is 17.8 Å². The van der Waals surface area contributed by atoms with E-state index in [0.717, 1.165) is 30.3 Å². The molecule has 4 heterocycles. The number of nitrogen functional groups attached to an aromatic ring is 1. The third-order valence-corrected chi connectivity index (χ3v) is 6.48. The maximum atomic E-state index is 13.8. The average Bonchev–Trinajstić information content (AvgIpc) is 3.32. The summed E-state index contributed by atoms with van der Waals surface area (Å²) in [6.45, 7) is 3.20. The summed E-state index contributed by atoms with van der Waals surface area (Å²) < 4.78 is 41.5. The molecule has 1 aliphatic heterocycles. The Bertz CT molecular complexity index is 1440. The third-order valence-electron chi connectivity index (χ3n) is 6.48. The molecule has 4 aromatic rings. The molecule has 198 valence electrons. The third kappa shape index (κ3) is 5.53. The number of carbonyl (C=O) groups excluding carboxylic acids is 1. The zero-order valence-corrected chi connectivity index (χ0v) is 20.5. The molecule has 0 aliphatic carbocycles. The largest absolute Gasteiger partial charge is 0.416 e. The lowest BCUT2D eigenvalue weighted by molar-refractivity contribution is -0.138. The molecule has 5 N–H and O–H groups in total. The number of likely N-dealkylation sites (N-methyl/N-ethyl adjacent to an activating group) is 1. The first-order chi connectivity index (χ1) is 18.2. The summed E-state index contributed by atoms with van der Waals surface area (Å²) in [5, 5.41) is 5.66. The monoisotopic (exact) mass is 525 g/mol. The van der Waals surface area contributed by atoms with Gasteiger partial charge in [-0.1, -0.05) is 6.07 Å². The molecule has 1 fully saturated rings. The highest BCUT2D eigenvalue weighted by Gasteiger charge is 2.34. The summed E-state index contributed by atoms with van der Waals surface area (Å²) in [6.07, 6.45) is 0.0859. The standard InChI is InChI=1S/C25H26F3N9O/c1-36-6-8-37(9-7-36)13-16-2-4-17(10-19(16)25(26,27)28)34-24(38)35-20-5-3-15(11-30-20)18-12-31-23-21(18)22(29)32-14-33-23/h2-5,10-12,14H,6-9,13H2,1H3,(H3,29,31,32,33)(H2,30,34,35,38). The molecule has 13 heteroatoms. The number of urea groups is 1. The van der Waals surface area contributed by atoms with Gasteiger partial charge < -0.3 is 20.9 Å². The number of rotatable bonds is 5. The minimum Gasteiger partial charge on any atom is -0.383 e. The molecular weight excluding hydrogens is 499 g/mol. The number of nitrogens with two attached hydrogens (primary N) is 1. The van der Waals surface area contributed by atoms with Gasteiger partial charge in [0, 0.05) is 61.9 Å². The van der Waals surface area contributed by atoms with E-state index in [1.165, 1.54) is 18.5 Å². The van der Waals surface area contributed by atoms with Crippen LogP contribution in [0.15, 0.2) is 49.1 Å². The summed E-state index contributed by atoms with van der Waals surface area (Å²) in [7, 11) is 1.99. The van der Waals surface area contributed by atoms with Crippen LogP contribution in [0.25, 0.3) is 22.2 Å². The number of pyridine rings is 1. The number of anilines is 3. The van der Waals surface area contributed by atoms with Crippen molar-refractivity contribution in [2.24, 2.45) is 0 Å². The molecule has 0 unspecified atom stereocenters. The Hall–Kier alpha value is -4.23. The Morgan fingerprint density at radius 1 is 1.08 bits per heavy atom. The number of amides is 2. The van der Waals surface area contributed by atoms with Crippen molar-refractivity contribution in [1.29, 1.82) is 0 Å². The van der Waals surface area contributed by atoms with Crippen LogP contribution in [0.4, 0.5) is 35.3 Å². The number of fused-ring (bicyclic) bond motifs is 1. The van der Waals surface area contributed by atoms with Gasteiger partial charge in [0.2, 0.25) is 0 Å². The molecule has 0 radical (unpaired) electrons. The molecule has 10 nitrogen and oxygen atoms in total. The van der Waals surface area contributed by atoms with E-state index in [1.807, 2.05) is 11.9 Å². The maximum Gasteiger partial charge on any atom is 0.416 e. The highest BCUT2D eigenvalue weighted by atomic mass is 19.4. The number of piperazine rings is 1. The van der Waals surface area contributed by atoms with E-state index in [0.29, 0.717) is 29.9 Å². The second-order valence-electron chi connectivity index (χ2n) is 9.15. The first kappa shape index (κ1) is 25.4. The number of nitrogens with one attached hydrogen (secondary N) is 3. The number of halogens is 3. The number of carbonyl (C=O) groups is 1. The van der Waals surface area contributed by atoms with Crippen LogP contribution in [0.1, 0.15) is 11.1 Å². The summed E-state index contributed by atoms with van der Waals surface area (Å²) in [6, 6.07) is 6.45. The van der Waals surface area contributed by atoms with Crippen molar-refractivity contribution < 1.29 is 18.0 Å². The number of alkyl halides is 3. The number of aromatic amines is 1. The van der Waals surface area contributed by atoms with E-state index in [9.17, 15) is 18.0 Å². The summed E-state index contributed by atoms with van der Waals surface area (Å²) in [4.78, 5) is 32.1. The Labute approximate surface area is 216 Å². The summed E-state index contributed by atoms with van der Waals surface area (Å²) in [5.74, 6) is 0.540. The first-order valence-electron chi connectivity index (χ1n) is 11.9. The molecule has 0 bridgehead atoms. The zero-order chi connectivity index (χ0) is 26.9. The lowest BCUT2D eigenvalue weighted by Gasteiger charge is -2.33. The molecule has 5 rings (SSSR count). The van der Waals surface area contributed by atoms with Crippen molar-refractivity contribution in [3.05, 3.63) is 60.2 Å². The van der Waals surface area contributed by atoms with Crippen LogP contribution in [0.2, 0.25) is 0 Å². The van der Waals surface area contributed by atoms with E-state index >= 15 is 0 Å². The molecule has 0 spiro atoms. The number of hydrogen-bond acceptors (Lipinski definition) is 7. The van der Waals surface area contributed by atoms with Crippen LogP contribution in [0, 0.1) is 0 Å². The van der Waals surface area contributed by atoms with Crippen LogP contribution in [-0.4, -0.2) is 69.0 Å². The van der Waals surface area contributed by atoms with Gasteiger partial charge in [-0.15, -0.1) is 0 Å². The highest BCUT2D eigenvalue weighted by molar-refractivity contribution is 6.01. The van der Waals surface area contributed by atoms with Crippen molar-refractivity contribution in [3.63, 3.8) is 0 Å². The summed E-state index contributed by atoms with van der Waals surface area (Å²) in [5.41, 5.74) is 7.47. The van der Waals surface area contributed by atoms with Crippen molar-refractivity contribution in [2.45, 2.75) is 12.7 Å². The van der Waals surface area contributed by atoms with Crippen LogP contribution in [0.5, 0.6) is 0 Å². The second kappa shape index (κ2) is 10.3. The van der Waals surface area contributed by atoms with Crippen molar-refractivity contribution >= 4 is 34.4 Å². The van der Waals surface area contributed by atoms with Crippen LogP contribution in [-0.2, 0) is 12.7 Å². The van der Waals surface area contributed by atoms with E-state index in [4.69, 9.17) is 5.73 Å². The number of H-pyrrole nitrogens is 1. The second-order valence-corrected chi connectivity index (χ2v) is 9.15. The first-order valence-corrected chi connectivity index (χ1v) is 11.9.